The molecule has 1 aromatic rings. The molecule has 0 spiro atoms. The maximum Gasteiger partial charge on any atom is 0.319 e. The van der Waals surface area contributed by atoms with Crippen LogP contribution in [0, 0.1) is 0 Å². The van der Waals surface area contributed by atoms with Gasteiger partial charge < -0.3 is 10.8 Å². The smallest absolute Gasteiger partial charge is 0.319 e. The van der Waals surface area contributed by atoms with Crippen LogP contribution in [-0.2, 0) is 6.42 Å². The number of hydrogen-bond acceptors (Lipinski definition) is 2. The topological polar surface area (TPSA) is 66.6 Å². The first-order chi connectivity index (χ1) is 7.52. The van der Waals surface area contributed by atoms with Gasteiger partial charge in [-0.1, -0.05) is 18.2 Å². The molecule has 0 aliphatic heterocycles. The molecule has 3 N–H and O–H groups in total. The minimum Gasteiger partial charge on any atom is -0.390 e. The fraction of sp³-hybridized carbons (Fsp3) is 0.417. The van der Waals surface area contributed by atoms with Gasteiger partial charge in [0.2, 0.25) is 0 Å². The number of primary amides is 1. The SMILES string of the molecule is CN(C(N)=O)c1ccccc1CC1(O)CC1. The van der Waals surface area contributed by atoms with E-state index in [1.807, 2.05) is 24.3 Å². The number of hydrogen-bond donors (Lipinski definition) is 2. The largest absolute Gasteiger partial charge is 0.390 e. The van der Waals surface area contributed by atoms with Crippen LogP contribution < -0.4 is 10.6 Å². The standard InChI is InChI=1S/C12H16N2O2/c1-14(11(13)15)10-5-3-2-4-9(10)8-12(16)6-7-12/h2-5,16H,6-8H2,1H3,(H2,13,15). The van der Waals surface area contributed by atoms with E-state index in [0.29, 0.717) is 6.42 Å². The first-order valence-corrected chi connectivity index (χ1v) is 5.35. The molecule has 0 heterocycles. The lowest BCUT2D eigenvalue weighted by molar-refractivity contribution is 0.151. The van der Waals surface area contributed by atoms with Crippen molar-refractivity contribution in [3.8, 4) is 0 Å². The molecule has 0 radical (unpaired) electrons. The van der Waals surface area contributed by atoms with Crippen LogP contribution in [0.3, 0.4) is 0 Å². The lowest BCUT2D eigenvalue weighted by atomic mass is 10.0. The van der Waals surface area contributed by atoms with Crippen molar-refractivity contribution in [1.29, 1.82) is 0 Å². The van der Waals surface area contributed by atoms with Crippen molar-refractivity contribution in [3.63, 3.8) is 0 Å². The number of amides is 2. The summed E-state index contributed by atoms with van der Waals surface area (Å²) >= 11 is 0. The maximum atomic E-state index is 11.1. The molecular weight excluding hydrogens is 204 g/mol. The average Bonchev–Trinajstić information content (AvgIpc) is 2.96. The second kappa shape index (κ2) is 3.79. The predicted octanol–water partition coefficient (Wildman–Crippen LogP) is 1.27. The molecule has 2 rings (SSSR count). The van der Waals surface area contributed by atoms with E-state index >= 15 is 0 Å². The van der Waals surface area contributed by atoms with Crippen LogP contribution in [0.4, 0.5) is 10.5 Å². The number of nitrogens with two attached hydrogens (primary N) is 1. The van der Waals surface area contributed by atoms with Crippen molar-refractivity contribution in [1.82, 2.24) is 0 Å². The highest BCUT2D eigenvalue weighted by atomic mass is 16.3. The molecule has 16 heavy (non-hydrogen) atoms. The predicted molar refractivity (Wildman–Crippen MR) is 62.3 cm³/mol. The second-order valence-electron chi connectivity index (χ2n) is 4.43. The van der Waals surface area contributed by atoms with Crippen LogP contribution in [-0.4, -0.2) is 23.8 Å². The molecular formula is C12H16N2O2. The molecule has 1 aliphatic carbocycles. The molecule has 1 saturated carbocycles. The zero-order valence-electron chi connectivity index (χ0n) is 9.31. The van der Waals surface area contributed by atoms with Crippen LogP contribution in [0.1, 0.15) is 18.4 Å². The number of nitrogens with zero attached hydrogens (tertiary/aromatic N) is 1. The Kier molecular flexibility index (Phi) is 2.59. The van der Waals surface area contributed by atoms with Gasteiger partial charge in [-0.15, -0.1) is 0 Å². The van der Waals surface area contributed by atoms with Crippen molar-refractivity contribution < 1.29 is 9.90 Å². The Bertz CT molecular complexity index is 413. The highest BCUT2D eigenvalue weighted by Gasteiger charge is 2.40. The average molecular weight is 220 g/mol. The lowest BCUT2D eigenvalue weighted by Crippen LogP contribution is -2.32. The van der Waals surface area contributed by atoms with E-state index in [0.717, 1.165) is 24.1 Å². The minimum atomic E-state index is -0.561. The molecule has 1 fully saturated rings. The van der Waals surface area contributed by atoms with E-state index in [1.54, 1.807) is 7.05 Å². The van der Waals surface area contributed by atoms with E-state index < -0.39 is 11.6 Å². The molecule has 4 heteroatoms. The summed E-state index contributed by atoms with van der Waals surface area (Å²) in [7, 11) is 1.64. The summed E-state index contributed by atoms with van der Waals surface area (Å²) in [5.74, 6) is 0. The summed E-state index contributed by atoms with van der Waals surface area (Å²) in [6.45, 7) is 0. The first-order valence-electron chi connectivity index (χ1n) is 5.35. The van der Waals surface area contributed by atoms with Gasteiger partial charge in [0.1, 0.15) is 0 Å². The summed E-state index contributed by atoms with van der Waals surface area (Å²) in [5, 5.41) is 9.89. The minimum absolute atomic E-state index is 0.491. The van der Waals surface area contributed by atoms with E-state index in [9.17, 15) is 9.90 Å². The number of aliphatic hydroxyl groups is 1. The molecule has 2 amide bonds. The normalized spacial score (nSPS) is 16.9. The third-order valence-corrected chi connectivity index (χ3v) is 3.03. The summed E-state index contributed by atoms with van der Waals surface area (Å²) in [4.78, 5) is 12.5. The van der Waals surface area contributed by atoms with Gasteiger partial charge in [0.05, 0.1) is 5.60 Å². The second-order valence-corrected chi connectivity index (χ2v) is 4.43. The zero-order chi connectivity index (χ0) is 11.8. The number of anilines is 1. The molecule has 0 bridgehead atoms. The highest BCUT2D eigenvalue weighted by molar-refractivity contribution is 5.90. The van der Waals surface area contributed by atoms with Crippen molar-refractivity contribution in [2.45, 2.75) is 24.9 Å². The molecule has 0 aromatic heterocycles. The van der Waals surface area contributed by atoms with Gasteiger partial charge in [0.15, 0.2) is 0 Å². The Morgan fingerprint density at radius 3 is 2.69 bits per heavy atom. The van der Waals surface area contributed by atoms with Crippen molar-refractivity contribution in [2.24, 2.45) is 5.73 Å². The molecule has 0 unspecified atom stereocenters. The number of carbonyl (C=O) groups excluding carboxylic acids is 1. The molecule has 1 aliphatic rings. The van der Waals surface area contributed by atoms with E-state index in [2.05, 4.69) is 0 Å². The number of rotatable bonds is 3. The third kappa shape index (κ3) is 2.17. The van der Waals surface area contributed by atoms with Crippen LogP contribution in [0.2, 0.25) is 0 Å². The molecule has 0 atom stereocenters. The van der Waals surface area contributed by atoms with E-state index in [1.165, 1.54) is 4.90 Å². The quantitative estimate of drug-likeness (QED) is 0.805. The number of para-hydroxylation sites is 1. The van der Waals surface area contributed by atoms with Gasteiger partial charge in [0, 0.05) is 19.2 Å². The fourth-order valence-corrected chi connectivity index (χ4v) is 1.78. The van der Waals surface area contributed by atoms with Crippen molar-refractivity contribution >= 4 is 11.7 Å². The number of benzene rings is 1. The fourth-order valence-electron chi connectivity index (χ4n) is 1.78. The number of carbonyl (C=O) groups is 1. The monoisotopic (exact) mass is 220 g/mol. The highest BCUT2D eigenvalue weighted by Crippen LogP contribution is 2.39. The van der Waals surface area contributed by atoms with Crippen LogP contribution in [0.25, 0.3) is 0 Å². The number of urea groups is 1. The Balaban J connectivity index is 2.26. The summed E-state index contributed by atoms with van der Waals surface area (Å²) in [5.41, 5.74) is 6.42. The zero-order valence-corrected chi connectivity index (χ0v) is 9.31. The Labute approximate surface area is 94.7 Å². The van der Waals surface area contributed by atoms with E-state index in [-0.39, 0.29) is 0 Å². The van der Waals surface area contributed by atoms with Gasteiger partial charge in [-0.2, -0.15) is 0 Å². The van der Waals surface area contributed by atoms with Crippen LogP contribution >= 0.6 is 0 Å². The Morgan fingerprint density at radius 2 is 2.12 bits per heavy atom. The summed E-state index contributed by atoms with van der Waals surface area (Å²) in [6, 6.07) is 7.03. The Hall–Kier alpha value is -1.55. The Morgan fingerprint density at radius 1 is 1.50 bits per heavy atom. The van der Waals surface area contributed by atoms with Gasteiger partial charge in [-0.05, 0) is 24.5 Å². The molecule has 86 valence electrons. The molecule has 1 aromatic carbocycles. The van der Waals surface area contributed by atoms with Gasteiger partial charge in [-0.3, -0.25) is 4.90 Å². The molecule has 4 nitrogen and oxygen atoms in total. The van der Waals surface area contributed by atoms with Gasteiger partial charge in [0.25, 0.3) is 0 Å². The summed E-state index contributed by atoms with van der Waals surface area (Å²) in [6.07, 6.45) is 2.25. The lowest BCUT2D eigenvalue weighted by Gasteiger charge is -2.19. The third-order valence-electron chi connectivity index (χ3n) is 3.03. The summed E-state index contributed by atoms with van der Waals surface area (Å²) < 4.78 is 0. The van der Waals surface area contributed by atoms with Crippen molar-refractivity contribution in [2.75, 3.05) is 11.9 Å². The van der Waals surface area contributed by atoms with E-state index in [4.69, 9.17) is 5.73 Å². The molecule has 0 saturated heterocycles. The van der Waals surface area contributed by atoms with Gasteiger partial charge >= 0.3 is 6.03 Å². The van der Waals surface area contributed by atoms with Crippen LogP contribution in [0.15, 0.2) is 24.3 Å². The van der Waals surface area contributed by atoms with Gasteiger partial charge in [-0.25, -0.2) is 4.79 Å². The van der Waals surface area contributed by atoms with Crippen LogP contribution in [0.5, 0.6) is 0 Å². The first kappa shape index (κ1) is 11.0. The van der Waals surface area contributed by atoms with Crippen molar-refractivity contribution in [3.05, 3.63) is 29.8 Å². The maximum absolute atomic E-state index is 11.1.